The van der Waals surface area contributed by atoms with E-state index in [0.717, 1.165) is 6.26 Å². The number of nitrogens with one attached hydrogen (secondary N) is 1. The van der Waals surface area contributed by atoms with Gasteiger partial charge in [-0.25, -0.2) is 13.4 Å². The molecule has 0 aliphatic carbocycles. The van der Waals surface area contributed by atoms with E-state index in [2.05, 4.69) is 10.3 Å². The van der Waals surface area contributed by atoms with E-state index in [-0.39, 0.29) is 10.6 Å². The third-order valence-electron chi connectivity index (χ3n) is 3.64. The smallest absolute Gasteiger partial charge is 0.269 e. The van der Waals surface area contributed by atoms with Gasteiger partial charge in [-0.05, 0) is 36.4 Å². The van der Waals surface area contributed by atoms with Gasteiger partial charge >= 0.3 is 0 Å². The number of amides is 1. The predicted molar refractivity (Wildman–Crippen MR) is 102 cm³/mol. The highest BCUT2D eigenvalue weighted by Gasteiger charge is 2.13. The number of nitrogens with zero attached hydrogens (tertiary/aromatic N) is 2. The van der Waals surface area contributed by atoms with E-state index in [1.807, 2.05) is 0 Å². The van der Waals surface area contributed by atoms with Crippen LogP contribution in [0.25, 0.3) is 11.3 Å². The molecule has 1 amide bonds. The van der Waals surface area contributed by atoms with Crippen molar-refractivity contribution in [3.05, 3.63) is 69.6 Å². The Hall–Kier alpha value is -3.11. The highest BCUT2D eigenvalue weighted by atomic mass is 32.2. The summed E-state index contributed by atoms with van der Waals surface area (Å²) in [7, 11) is -3.32. The largest absolute Gasteiger partial charge is 0.298 e. The molecule has 138 valence electrons. The van der Waals surface area contributed by atoms with Gasteiger partial charge in [0.15, 0.2) is 15.0 Å². The van der Waals surface area contributed by atoms with Crippen LogP contribution in [0, 0.1) is 10.1 Å². The van der Waals surface area contributed by atoms with Gasteiger partial charge < -0.3 is 0 Å². The molecule has 1 N–H and O–H groups in total. The summed E-state index contributed by atoms with van der Waals surface area (Å²) < 4.78 is 22.9. The number of aromatic nitrogens is 1. The van der Waals surface area contributed by atoms with Crippen molar-refractivity contribution in [2.45, 2.75) is 4.90 Å². The lowest BCUT2D eigenvalue weighted by Gasteiger charge is -2.03. The number of hydrogen-bond donors (Lipinski definition) is 1. The zero-order chi connectivity index (χ0) is 19.6. The first-order valence-corrected chi connectivity index (χ1v) is 10.3. The number of carbonyl (C=O) groups excluding carboxylic acids is 1. The van der Waals surface area contributed by atoms with Gasteiger partial charge in [0.1, 0.15) is 0 Å². The fourth-order valence-electron chi connectivity index (χ4n) is 2.24. The number of non-ortho nitro benzene ring substituents is 1. The van der Waals surface area contributed by atoms with Crippen LogP contribution in [0.15, 0.2) is 58.8 Å². The predicted octanol–water partition coefficient (Wildman–Crippen LogP) is 3.37. The van der Waals surface area contributed by atoms with Crippen LogP contribution in [0.3, 0.4) is 0 Å². The minimum atomic E-state index is -3.32. The molecule has 8 nitrogen and oxygen atoms in total. The molecule has 10 heteroatoms. The SMILES string of the molecule is CS(=O)(=O)c1ccc(C(=O)Nc2nc(-c3ccc([N+](=O)[O-])cc3)cs2)cc1. The van der Waals surface area contributed by atoms with Crippen LogP contribution in [-0.2, 0) is 9.84 Å². The van der Waals surface area contributed by atoms with Crippen LogP contribution in [-0.4, -0.2) is 30.5 Å². The number of benzene rings is 2. The Bertz CT molecular complexity index is 1100. The summed E-state index contributed by atoms with van der Waals surface area (Å²) in [6.45, 7) is 0. The summed E-state index contributed by atoms with van der Waals surface area (Å²) >= 11 is 1.21. The van der Waals surface area contributed by atoms with Crippen molar-refractivity contribution in [2.75, 3.05) is 11.6 Å². The molecule has 0 saturated carbocycles. The van der Waals surface area contributed by atoms with Crippen molar-refractivity contribution in [3.63, 3.8) is 0 Å². The molecule has 0 atom stereocenters. The van der Waals surface area contributed by atoms with Crippen LogP contribution in [0.1, 0.15) is 10.4 Å². The third-order valence-corrected chi connectivity index (χ3v) is 5.53. The number of rotatable bonds is 5. The fourth-order valence-corrected chi connectivity index (χ4v) is 3.59. The zero-order valence-electron chi connectivity index (χ0n) is 13.9. The van der Waals surface area contributed by atoms with Crippen LogP contribution in [0.2, 0.25) is 0 Å². The molecule has 0 fully saturated rings. The van der Waals surface area contributed by atoms with E-state index < -0.39 is 20.7 Å². The van der Waals surface area contributed by atoms with Gasteiger partial charge in [-0.2, -0.15) is 0 Å². The number of thiazole rings is 1. The molecule has 0 bridgehead atoms. The van der Waals surface area contributed by atoms with Crippen LogP contribution in [0.4, 0.5) is 10.8 Å². The number of nitro groups is 1. The summed E-state index contributed by atoms with van der Waals surface area (Å²) in [4.78, 5) is 26.9. The molecule has 27 heavy (non-hydrogen) atoms. The number of nitro benzene ring substituents is 1. The number of hydrogen-bond acceptors (Lipinski definition) is 7. The van der Waals surface area contributed by atoms with Crippen molar-refractivity contribution in [3.8, 4) is 11.3 Å². The number of carbonyl (C=O) groups is 1. The maximum atomic E-state index is 12.3. The molecule has 0 unspecified atom stereocenters. The van der Waals surface area contributed by atoms with E-state index in [1.54, 1.807) is 17.5 Å². The van der Waals surface area contributed by atoms with Crippen molar-refractivity contribution < 1.29 is 18.1 Å². The minimum absolute atomic E-state index is 0.0138. The van der Waals surface area contributed by atoms with E-state index >= 15 is 0 Å². The molecule has 3 aromatic rings. The Kier molecular flexibility index (Phi) is 5.02. The van der Waals surface area contributed by atoms with Gasteiger partial charge in [0.05, 0.1) is 15.5 Å². The molecule has 1 aromatic heterocycles. The summed E-state index contributed by atoms with van der Waals surface area (Å²) in [5, 5.41) is 15.4. The lowest BCUT2D eigenvalue weighted by Crippen LogP contribution is -2.11. The standard InChI is InChI=1S/C17H13N3O5S2/c1-27(24,25)14-8-4-12(5-9-14)16(21)19-17-18-15(10-26-17)11-2-6-13(7-3-11)20(22)23/h2-10H,1H3,(H,18,19,21). The average molecular weight is 403 g/mol. The Balaban J connectivity index is 1.73. The van der Waals surface area contributed by atoms with E-state index in [1.165, 1.54) is 47.7 Å². The molecule has 3 rings (SSSR count). The second kappa shape index (κ2) is 7.25. The molecule has 1 heterocycles. The molecule has 0 radical (unpaired) electrons. The van der Waals surface area contributed by atoms with Gasteiger partial charge in [-0.1, -0.05) is 0 Å². The minimum Gasteiger partial charge on any atom is -0.298 e. The van der Waals surface area contributed by atoms with Gasteiger partial charge in [-0.3, -0.25) is 20.2 Å². The zero-order valence-corrected chi connectivity index (χ0v) is 15.6. The molecule has 0 spiro atoms. The second-order valence-electron chi connectivity index (χ2n) is 5.59. The molecule has 0 aliphatic heterocycles. The van der Waals surface area contributed by atoms with E-state index in [4.69, 9.17) is 0 Å². The summed E-state index contributed by atoms with van der Waals surface area (Å²) in [6, 6.07) is 11.5. The van der Waals surface area contributed by atoms with Crippen molar-refractivity contribution >= 4 is 37.9 Å². The van der Waals surface area contributed by atoms with Gasteiger partial charge in [0.25, 0.3) is 11.6 Å². The lowest BCUT2D eigenvalue weighted by atomic mass is 10.1. The van der Waals surface area contributed by atoms with E-state index in [9.17, 15) is 23.3 Å². The maximum absolute atomic E-state index is 12.3. The van der Waals surface area contributed by atoms with Crippen LogP contribution < -0.4 is 5.32 Å². The average Bonchev–Trinajstić information content (AvgIpc) is 3.09. The van der Waals surface area contributed by atoms with Crippen LogP contribution in [0.5, 0.6) is 0 Å². The second-order valence-corrected chi connectivity index (χ2v) is 8.47. The Labute approximate surface area is 158 Å². The third kappa shape index (κ3) is 4.36. The fraction of sp³-hybridized carbons (Fsp3) is 0.0588. The lowest BCUT2D eigenvalue weighted by molar-refractivity contribution is -0.384. The molecular weight excluding hydrogens is 390 g/mol. The van der Waals surface area contributed by atoms with Gasteiger partial charge in [0.2, 0.25) is 0 Å². The first-order valence-electron chi connectivity index (χ1n) is 7.56. The van der Waals surface area contributed by atoms with E-state index in [0.29, 0.717) is 22.0 Å². The Morgan fingerprint density at radius 2 is 1.74 bits per heavy atom. The molecule has 2 aromatic carbocycles. The van der Waals surface area contributed by atoms with Gasteiger partial charge in [-0.15, -0.1) is 11.3 Å². The highest BCUT2D eigenvalue weighted by molar-refractivity contribution is 7.90. The maximum Gasteiger partial charge on any atom is 0.269 e. The summed E-state index contributed by atoms with van der Waals surface area (Å²) in [5.74, 6) is -0.417. The number of sulfone groups is 1. The first-order chi connectivity index (χ1) is 12.7. The normalized spacial score (nSPS) is 11.1. The van der Waals surface area contributed by atoms with Crippen molar-refractivity contribution in [1.29, 1.82) is 0 Å². The first kappa shape index (κ1) is 18.7. The topological polar surface area (TPSA) is 119 Å². The molecule has 0 saturated heterocycles. The number of anilines is 1. The Morgan fingerprint density at radius 3 is 2.30 bits per heavy atom. The monoisotopic (exact) mass is 403 g/mol. The molecular formula is C17H13N3O5S2. The van der Waals surface area contributed by atoms with Gasteiger partial charge in [0, 0.05) is 34.9 Å². The summed E-state index contributed by atoms with van der Waals surface area (Å²) in [6.07, 6.45) is 1.09. The highest BCUT2D eigenvalue weighted by Crippen LogP contribution is 2.26. The summed E-state index contributed by atoms with van der Waals surface area (Å²) in [5.41, 5.74) is 1.56. The molecule has 0 aliphatic rings. The Morgan fingerprint density at radius 1 is 1.11 bits per heavy atom. The quantitative estimate of drug-likeness (QED) is 0.515. The van der Waals surface area contributed by atoms with Crippen molar-refractivity contribution in [2.24, 2.45) is 0 Å². The van der Waals surface area contributed by atoms with Crippen molar-refractivity contribution in [1.82, 2.24) is 4.98 Å². The van der Waals surface area contributed by atoms with Crippen LogP contribution >= 0.6 is 11.3 Å².